The smallest absolute Gasteiger partial charge is 0.331 e. The molecule has 0 atom stereocenters. The Bertz CT molecular complexity index is 1030. The van der Waals surface area contributed by atoms with E-state index >= 15 is 0 Å². The molecule has 0 aliphatic heterocycles. The predicted molar refractivity (Wildman–Crippen MR) is 98.6 cm³/mol. The van der Waals surface area contributed by atoms with Gasteiger partial charge >= 0.3 is 5.69 Å². The number of aliphatic imine (C=N–C) groups is 1. The molecular formula is C19H19N3O4. The number of nitrogens with one attached hydrogen (secondary N) is 1. The van der Waals surface area contributed by atoms with Gasteiger partial charge in [-0.05, 0) is 35.7 Å². The van der Waals surface area contributed by atoms with E-state index in [-0.39, 0.29) is 12.1 Å². The zero-order chi connectivity index (χ0) is 18.7. The summed E-state index contributed by atoms with van der Waals surface area (Å²) in [5.74, 6) is 0.421. The Labute approximate surface area is 149 Å². The second-order valence-electron chi connectivity index (χ2n) is 6.17. The zero-order valence-electron chi connectivity index (χ0n) is 14.5. The first-order chi connectivity index (χ1) is 12.5. The molecular weight excluding hydrogens is 334 g/mol. The maximum atomic E-state index is 12.0. The summed E-state index contributed by atoms with van der Waals surface area (Å²) in [7, 11) is 0. The molecule has 0 aliphatic rings. The maximum absolute atomic E-state index is 12.0. The summed E-state index contributed by atoms with van der Waals surface area (Å²) in [5.41, 5.74) is 0.297. The van der Waals surface area contributed by atoms with Gasteiger partial charge in [0.1, 0.15) is 11.3 Å². The van der Waals surface area contributed by atoms with Gasteiger partial charge < -0.3 is 9.52 Å². The lowest BCUT2D eigenvalue weighted by molar-refractivity contribution is 0.392. The summed E-state index contributed by atoms with van der Waals surface area (Å²) in [6, 6.07) is 10.9. The Hall–Kier alpha value is -3.35. The second-order valence-corrected chi connectivity index (χ2v) is 6.17. The Morgan fingerprint density at radius 3 is 2.58 bits per heavy atom. The number of hydrogen-bond donors (Lipinski definition) is 2. The fraction of sp³-hybridized carbons (Fsp3) is 0.211. The van der Waals surface area contributed by atoms with Crippen LogP contribution in [0.2, 0.25) is 0 Å². The average molecular weight is 353 g/mol. The Morgan fingerprint density at radius 2 is 1.96 bits per heavy atom. The Morgan fingerprint density at radius 1 is 1.23 bits per heavy atom. The van der Waals surface area contributed by atoms with Crippen molar-refractivity contribution in [2.75, 3.05) is 0 Å². The van der Waals surface area contributed by atoms with Crippen LogP contribution < -0.4 is 11.2 Å². The van der Waals surface area contributed by atoms with Crippen LogP contribution in [-0.2, 0) is 6.54 Å². The van der Waals surface area contributed by atoms with Gasteiger partial charge in [0.15, 0.2) is 0 Å². The van der Waals surface area contributed by atoms with Gasteiger partial charge in [-0.25, -0.2) is 4.79 Å². The number of furan rings is 1. The lowest BCUT2D eigenvalue weighted by Crippen LogP contribution is -2.32. The normalized spacial score (nSPS) is 11.5. The van der Waals surface area contributed by atoms with Crippen molar-refractivity contribution in [2.24, 2.45) is 4.99 Å². The molecule has 1 aromatic carbocycles. The molecule has 0 saturated carbocycles. The van der Waals surface area contributed by atoms with Crippen LogP contribution in [0.15, 0.2) is 61.7 Å². The lowest BCUT2D eigenvalue weighted by atomic mass is 10.0. The molecule has 3 rings (SSSR count). The largest absolute Gasteiger partial charge is 0.494 e. The summed E-state index contributed by atoms with van der Waals surface area (Å²) in [5, 5.41) is 10.4. The molecule has 0 spiro atoms. The van der Waals surface area contributed by atoms with Gasteiger partial charge in [0.05, 0.1) is 18.5 Å². The van der Waals surface area contributed by atoms with Gasteiger partial charge in [-0.15, -0.1) is 0 Å². The van der Waals surface area contributed by atoms with Crippen molar-refractivity contribution in [3.05, 3.63) is 80.4 Å². The average Bonchev–Trinajstić information content (AvgIpc) is 3.12. The van der Waals surface area contributed by atoms with Crippen LogP contribution in [0.25, 0.3) is 0 Å². The highest BCUT2D eigenvalue weighted by Crippen LogP contribution is 2.19. The summed E-state index contributed by atoms with van der Waals surface area (Å²) in [4.78, 5) is 30.4. The molecule has 0 unspecified atom stereocenters. The van der Waals surface area contributed by atoms with E-state index in [0.29, 0.717) is 17.4 Å². The van der Waals surface area contributed by atoms with Gasteiger partial charge in [-0.3, -0.25) is 19.3 Å². The molecule has 0 radical (unpaired) electrons. The van der Waals surface area contributed by atoms with Crippen LogP contribution in [-0.4, -0.2) is 20.9 Å². The lowest BCUT2D eigenvalue weighted by Gasteiger charge is -2.08. The van der Waals surface area contributed by atoms with Crippen molar-refractivity contribution in [2.45, 2.75) is 26.3 Å². The van der Waals surface area contributed by atoms with Crippen molar-refractivity contribution in [1.29, 1.82) is 0 Å². The van der Waals surface area contributed by atoms with Gasteiger partial charge in [0.25, 0.3) is 5.56 Å². The Balaban J connectivity index is 1.94. The van der Waals surface area contributed by atoms with E-state index < -0.39 is 17.1 Å². The number of aromatic nitrogens is 2. The summed E-state index contributed by atoms with van der Waals surface area (Å²) in [6.45, 7) is 4.19. The van der Waals surface area contributed by atoms with Crippen LogP contribution in [0.4, 0.5) is 5.69 Å². The highest BCUT2D eigenvalue weighted by Gasteiger charge is 2.13. The SMILES string of the molecule is CC(C)c1ccc(N=Cc2c(O)n(Cc3ccco3)c(=O)[nH]c2=O)cc1. The van der Waals surface area contributed by atoms with Crippen LogP contribution >= 0.6 is 0 Å². The zero-order valence-corrected chi connectivity index (χ0v) is 14.5. The number of H-pyrrole nitrogens is 1. The quantitative estimate of drug-likeness (QED) is 0.689. The fourth-order valence-corrected chi connectivity index (χ4v) is 2.48. The molecule has 2 heterocycles. The number of nitrogens with zero attached hydrogens (tertiary/aromatic N) is 2. The van der Waals surface area contributed by atoms with Gasteiger partial charge in [-0.1, -0.05) is 26.0 Å². The summed E-state index contributed by atoms with van der Waals surface area (Å²) >= 11 is 0. The summed E-state index contributed by atoms with van der Waals surface area (Å²) < 4.78 is 6.20. The van der Waals surface area contributed by atoms with Gasteiger partial charge in [0.2, 0.25) is 5.88 Å². The van der Waals surface area contributed by atoms with Crippen LogP contribution in [0.3, 0.4) is 0 Å². The number of hydrogen-bond acceptors (Lipinski definition) is 5. The fourth-order valence-electron chi connectivity index (χ4n) is 2.48. The Kier molecular flexibility index (Phi) is 4.88. The third-order valence-corrected chi connectivity index (χ3v) is 4.00. The van der Waals surface area contributed by atoms with E-state index in [1.54, 1.807) is 12.1 Å². The van der Waals surface area contributed by atoms with Gasteiger partial charge in [0, 0.05) is 6.21 Å². The minimum absolute atomic E-state index is 0.00161. The molecule has 2 aromatic heterocycles. The molecule has 0 saturated heterocycles. The van der Waals surface area contributed by atoms with Crippen molar-refractivity contribution in [1.82, 2.24) is 9.55 Å². The molecule has 0 bridgehead atoms. The predicted octanol–water partition coefficient (Wildman–Crippen LogP) is 2.76. The first-order valence-corrected chi connectivity index (χ1v) is 8.18. The standard InChI is InChI=1S/C19H19N3O4/c1-12(2)13-5-7-14(8-6-13)20-10-16-17(23)21-19(25)22(18(16)24)11-15-4-3-9-26-15/h3-10,12,24H,11H2,1-2H3,(H,21,23,25). The van der Waals surface area contributed by atoms with Crippen molar-refractivity contribution in [3.8, 4) is 5.88 Å². The topological polar surface area (TPSA) is 101 Å². The second kappa shape index (κ2) is 7.26. The van der Waals surface area contributed by atoms with Crippen molar-refractivity contribution in [3.63, 3.8) is 0 Å². The van der Waals surface area contributed by atoms with Crippen molar-refractivity contribution >= 4 is 11.9 Å². The maximum Gasteiger partial charge on any atom is 0.331 e. The molecule has 0 aliphatic carbocycles. The van der Waals surface area contributed by atoms with Gasteiger partial charge in [-0.2, -0.15) is 0 Å². The third kappa shape index (κ3) is 3.66. The molecule has 26 heavy (non-hydrogen) atoms. The monoisotopic (exact) mass is 353 g/mol. The van der Waals surface area contributed by atoms with Crippen LogP contribution in [0.5, 0.6) is 5.88 Å². The molecule has 3 aromatic rings. The molecule has 0 amide bonds. The van der Waals surface area contributed by atoms with E-state index in [1.807, 2.05) is 24.3 Å². The van der Waals surface area contributed by atoms with E-state index in [2.05, 4.69) is 23.8 Å². The number of rotatable bonds is 5. The molecule has 0 fully saturated rings. The minimum Gasteiger partial charge on any atom is -0.494 e. The number of aromatic hydroxyl groups is 1. The first-order valence-electron chi connectivity index (χ1n) is 8.18. The van der Waals surface area contributed by atoms with Crippen LogP contribution in [0, 0.1) is 0 Å². The highest BCUT2D eigenvalue weighted by molar-refractivity contribution is 5.84. The first kappa shape index (κ1) is 17.5. The summed E-state index contributed by atoms with van der Waals surface area (Å²) in [6.07, 6.45) is 2.71. The molecule has 134 valence electrons. The number of aromatic amines is 1. The minimum atomic E-state index is -0.720. The number of benzene rings is 1. The van der Waals surface area contributed by atoms with E-state index in [0.717, 1.165) is 4.57 Å². The molecule has 2 N–H and O–H groups in total. The van der Waals surface area contributed by atoms with Crippen molar-refractivity contribution < 1.29 is 9.52 Å². The highest BCUT2D eigenvalue weighted by atomic mass is 16.3. The third-order valence-electron chi connectivity index (χ3n) is 4.00. The van der Waals surface area contributed by atoms with Crippen LogP contribution in [0.1, 0.15) is 36.7 Å². The van der Waals surface area contributed by atoms with E-state index in [9.17, 15) is 14.7 Å². The molecule has 7 nitrogen and oxygen atoms in total. The van der Waals surface area contributed by atoms with E-state index in [4.69, 9.17) is 4.42 Å². The molecule has 7 heteroatoms. The van der Waals surface area contributed by atoms with E-state index in [1.165, 1.54) is 18.0 Å².